The number of hydrogen-bond donors (Lipinski definition) is 1. The lowest BCUT2D eigenvalue weighted by Gasteiger charge is -2.38. The fourth-order valence-electron chi connectivity index (χ4n) is 6.34. The van der Waals surface area contributed by atoms with Gasteiger partial charge in [-0.15, -0.1) is 0 Å². The Morgan fingerprint density at radius 3 is 2.48 bits per heavy atom. The lowest BCUT2D eigenvalue weighted by atomic mass is 9.74. The predicted octanol–water partition coefficient (Wildman–Crippen LogP) is 4.37. The third-order valence-electron chi connectivity index (χ3n) is 8.82. The molecule has 1 atom stereocenters. The summed E-state index contributed by atoms with van der Waals surface area (Å²) >= 11 is 0. The molecule has 2 amide bonds. The first-order valence-electron chi connectivity index (χ1n) is 13.0. The van der Waals surface area contributed by atoms with Gasteiger partial charge >= 0.3 is 0 Å². The molecule has 1 unspecified atom stereocenters. The summed E-state index contributed by atoms with van der Waals surface area (Å²) in [7, 11) is 0. The van der Waals surface area contributed by atoms with Gasteiger partial charge in [-0.25, -0.2) is 0 Å². The minimum atomic E-state index is -0.0270. The van der Waals surface area contributed by atoms with Crippen LogP contribution in [0.2, 0.25) is 0 Å². The molecule has 3 fully saturated rings. The van der Waals surface area contributed by atoms with Gasteiger partial charge in [-0.3, -0.25) is 9.59 Å². The van der Waals surface area contributed by atoms with Gasteiger partial charge in [0.15, 0.2) is 0 Å². The highest BCUT2D eigenvalue weighted by Gasteiger charge is 2.58. The van der Waals surface area contributed by atoms with E-state index in [1.165, 1.54) is 24.0 Å². The summed E-state index contributed by atoms with van der Waals surface area (Å²) in [5.74, 6) is 0.608. The van der Waals surface area contributed by atoms with Crippen molar-refractivity contribution < 1.29 is 14.3 Å². The first-order chi connectivity index (χ1) is 16.1. The summed E-state index contributed by atoms with van der Waals surface area (Å²) in [5, 5.41) is 3.33. The van der Waals surface area contributed by atoms with E-state index in [0.717, 1.165) is 71.2 Å². The van der Waals surface area contributed by atoms with E-state index in [1.807, 2.05) is 11.0 Å². The number of hydrogen-bond acceptors (Lipinski definition) is 3. The van der Waals surface area contributed by atoms with E-state index in [2.05, 4.69) is 35.7 Å². The maximum absolute atomic E-state index is 13.1. The molecule has 2 saturated heterocycles. The van der Waals surface area contributed by atoms with Gasteiger partial charge in [0.1, 0.15) is 0 Å². The molecule has 0 bridgehead atoms. The van der Waals surface area contributed by atoms with Crippen molar-refractivity contribution in [1.29, 1.82) is 0 Å². The molecule has 5 nitrogen and oxygen atoms in total. The summed E-state index contributed by atoms with van der Waals surface area (Å²) in [6.45, 7) is 3.80. The van der Waals surface area contributed by atoms with Gasteiger partial charge in [0.05, 0.1) is 0 Å². The molecule has 2 aliphatic carbocycles. The van der Waals surface area contributed by atoms with Gasteiger partial charge in [0.2, 0.25) is 11.8 Å². The van der Waals surface area contributed by atoms with Crippen LogP contribution in [0.1, 0.15) is 69.8 Å². The van der Waals surface area contributed by atoms with Crippen LogP contribution in [0.15, 0.2) is 42.0 Å². The molecule has 178 valence electrons. The average molecular weight is 451 g/mol. The zero-order chi connectivity index (χ0) is 22.7. The van der Waals surface area contributed by atoms with Gasteiger partial charge in [0.25, 0.3) is 0 Å². The smallest absolute Gasteiger partial charge is 0.226 e. The van der Waals surface area contributed by atoms with Crippen LogP contribution in [0.5, 0.6) is 0 Å². The van der Waals surface area contributed by atoms with Crippen molar-refractivity contribution in [3.8, 4) is 0 Å². The molecule has 1 saturated carbocycles. The number of carbonyl (C=O) groups excluding carboxylic acids is 2. The van der Waals surface area contributed by atoms with E-state index < -0.39 is 0 Å². The maximum Gasteiger partial charge on any atom is 0.226 e. The molecular formula is C28H38N2O3. The number of nitrogens with zero attached hydrogens (tertiary/aromatic N) is 1. The highest BCUT2D eigenvalue weighted by molar-refractivity contribution is 5.83. The Hall–Kier alpha value is -2.14. The Bertz CT molecular complexity index is 880. The van der Waals surface area contributed by atoms with Crippen LogP contribution in [0.4, 0.5) is 0 Å². The summed E-state index contributed by atoms with van der Waals surface area (Å²) in [4.78, 5) is 27.9. The predicted molar refractivity (Wildman–Crippen MR) is 129 cm³/mol. The molecule has 5 rings (SSSR count). The summed E-state index contributed by atoms with van der Waals surface area (Å²) in [6.07, 6.45) is 12.4. The van der Waals surface area contributed by atoms with Crippen molar-refractivity contribution in [1.82, 2.24) is 10.2 Å². The Morgan fingerprint density at radius 1 is 1.03 bits per heavy atom. The van der Waals surface area contributed by atoms with Crippen molar-refractivity contribution in [2.24, 2.45) is 11.3 Å². The van der Waals surface area contributed by atoms with Gasteiger partial charge in [0, 0.05) is 50.6 Å². The van der Waals surface area contributed by atoms with Crippen molar-refractivity contribution in [2.75, 3.05) is 32.8 Å². The number of amides is 2. The number of likely N-dealkylation sites (tertiary alicyclic amines) is 1. The summed E-state index contributed by atoms with van der Waals surface area (Å²) in [6, 6.07) is 10.6. The molecule has 0 aromatic heterocycles. The molecule has 4 aliphatic rings. The third kappa shape index (κ3) is 4.89. The Kier molecular flexibility index (Phi) is 6.60. The molecule has 1 aromatic carbocycles. The second-order valence-electron chi connectivity index (χ2n) is 10.8. The molecule has 2 heterocycles. The third-order valence-corrected chi connectivity index (χ3v) is 8.82. The van der Waals surface area contributed by atoms with Crippen LogP contribution in [-0.2, 0) is 19.7 Å². The number of piperidine rings is 1. The molecule has 1 N–H and O–H groups in total. The Labute approximate surface area is 197 Å². The van der Waals surface area contributed by atoms with Crippen molar-refractivity contribution in [3.63, 3.8) is 0 Å². The normalized spacial score (nSPS) is 25.9. The monoisotopic (exact) mass is 450 g/mol. The number of rotatable bonds is 6. The number of benzene rings is 1. The van der Waals surface area contributed by atoms with Gasteiger partial charge in [-0.2, -0.15) is 0 Å². The average Bonchev–Trinajstić information content (AvgIpc) is 3.57. The molecule has 2 aliphatic heterocycles. The maximum atomic E-state index is 13.1. The molecule has 33 heavy (non-hydrogen) atoms. The lowest BCUT2D eigenvalue weighted by molar-refractivity contribution is -0.132. The standard InChI is InChI=1S/C28H38N2O3/c31-25(19-22-7-3-1-4-8-22)30-15-11-27(12-16-30)20-24(27)26(32)29-21-28(13-17-33-18-14-28)23-9-5-2-6-10-23/h2,5-7,9-10,24H,1,3-4,8,11-21H2,(H,29,32). The highest BCUT2D eigenvalue weighted by atomic mass is 16.5. The molecule has 5 heteroatoms. The van der Waals surface area contributed by atoms with Crippen LogP contribution in [0.3, 0.4) is 0 Å². The SMILES string of the molecule is O=C(NCC1(c2ccccc2)CCOCC1)C1CC12CCN(C(=O)CC1=CCCCC1)CC2. The van der Waals surface area contributed by atoms with Crippen molar-refractivity contribution in [2.45, 2.75) is 69.6 Å². The summed E-state index contributed by atoms with van der Waals surface area (Å²) in [5.41, 5.74) is 2.73. The first-order valence-corrected chi connectivity index (χ1v) is 13.0. The fourth-order valence-corrected chi connectivity index (χ4v) is 6.34. The number of ether oxygens (including phenoxy) is 1. The second kappa shape index (κ2) is 9.61. The van der Waals surface area contributed by atoms with E-state index in [4.69, 9.17) is 4.74 Å². The topological polar surface area (TPSA) is 58.6 Å². The van der Waals surface area contributed by atoms with Crippen molar-refractivity contribution in [3.05, 3.63) is 47.5 Å². The number of nitrogens with one attached hydrogen (secondary N) is 1. The highest BCUT2D eigenvalue weighted by Crippen LogP contribution is 2.59. The zero-order valence-corrected chi connectivity index (χ0v) is 19.8. The largest absolute Gasteiger partial charge is 0.381 e. The van der Waals surface area contributed by atoms with E-state index in [-0.39, 0.29) is 28.6 Å². The first kappa shape index (κ1) is 22.6. The fraction of sp³-hybridized carbons (Fsp3) is 0.643. The molecule has 1 spiro atoms. The molecule has 1 aromatic rings. The van der Waals surface area contributed by atoms with E-state index in [0.29, 0.717) is 13.0 Å². The van der Waals surface area contributed by atoms with Crippen LogP contribution in [0, 0.1) is 11.3 Å². The number of allylic oxidation sites excluding steroid dienone is 1. The van der Waals surface area contributed by atoms with Gasteiger partial charge in [-0.1, -0.05) is 42.0 Å². The Morgan fingerprint density at radius 2 is 1.79 bits per heavy atom. The second-order valence-corrected chi connectivity index (χ2v) is 10.8. The van der Waals surface area contributed by atoms with Crippen LogP contribution < -0.4 is 5.32 Å². The summed E-state index contributed by atoms with van der Waals surface area (Å²) < 4.78 is 5.63. The molecular weight excluding hydrogens is 412 g/mol. The Balaban J connectivity index is 1.13. The quantitative estimate of drug-likeness (QED) is 0.655. The minimum absolute atomic E-state index is 0.0270. The van der Waals surface area contributed by atoms with E-state index >= 15 is 0 Å². The van der Waals surface area contributed by atoms with Crippen LogP contribution >= 0.6 is 0 Å². The van der Waals surface area contributed by atoms with Crippen molar-refractivity contribution >= 4 is 11.8 Å². The van der Waals surface area contributed by atoms with Crippen LogP contribution in [0.25, 0.3) is 0 Å². The van der Waals surface area contributed by atoms with Gasteiger partial charge < -0.3 is 15.0 Å². The van der Waals surface area contributed by atoms with E-state index in [1.54, 1.807) is 0 Å². The zero-order valence-electron chi connectivity index (χ0n) is 19.8. The lowest BCUT2D eigenvalue weighted by Crippen LogP contribution is -2.46. The number of carbonyl (C=O) groups is 2. The van der Waals surface area contributed by atoms with Gasteiger partial charge in [-0.05, 0) is 68.8 Å². The molecule has 0 radical (unpaired) electrons. The van der Waals surface area contributed by atoms with Crippen LogP contribution in [-0.4, -0.2) is 49.6 Å². The van der Waals surface area contributed by atoms with E-state index in [9.17, 15) is 9.59 Å². The minimum Gasteiger partial charge on any atom is -0.381 e.